The van der Waals surface area contributed by atoms with Crippen LogP contribution in [0.3, 0.4) is 0 Å². The van der Waals surface area contributed by atoms with Gasteiger partial charge in [-0.25, -0.2) is 0 Å². The van der Waals surface area contributed by atoms with Gasteiger partial charge in [0.05, 0.1) is 13.3 Å². The molecule has 0 radical (unpaired) electrons. The lowest BCUT2D eigenvalue weighted by Crippen LogP contribution is -1.91. The van der Waals surface area contributed by atoms with Crippen molar-refractivity contribution in [3.05, 3.63) is 28.4 Å². The summed E-state index contributed by atoms with van der Waals surface area (Å²) in [6.07, 6.45) is 1.70. The molecule has 0 saturated carbocycles. The molecule has 0 spiro atoms. The van der Waals surface area contributed by atoms with Crippen molar-refractivity contribution in [2.45, 2.75) is 6.92 Å². The Bertz CT molecular complexity index is 522. The van der Waals surface area contributed by atoms with Crippen molar-refractivity contribution in [3.63, 3.8) is 0 Å². The molecule has 3 N–H and O–H groups in total. The summed E-state index contributed by atoms with van der Waals surface area (Å²) in [7, 11) is 1.64. The van der Waals surface area contributed by atoms with Gasteiger partial charge in [0.25, 0.3) is 0 Å². The smallest absolute Gasteiger partial charge is 0.126 e. The predicted molar refractivity (Wildman–Crippen MR) is 67.4 cm³/mol. The van der Waals surface area contributed by atoms with E-state index in [1.807, 2.05) is 19.1 Å². The van der Waals surface area contributed by atoms with Crippen molar-refractivity contribution < 1.29 is 4.74 Å². The number of aromatic nitrogens is 2. The second-order valence-corrected chi connectivity index (χ2v) is 4.30. The predicted octanol–water partition coefficient (Wildman–Crippen LogP) is 2.74. The Balaban J connectivity index is 2.64. The number of aromatic amines is 1. The molecule has 1 aromatic carbocycles. The van der Waals surface area contributed by atoms with Crippen molar-refractivity contribution in [3.8, 4) is 16.9 Å². The quantitative estimate of drug-likeness (QED) is 0.890. The van der Waals surface area contributed by atoms with Crippen LogP contribution in [0, 0.1) is 6.92 Å². The highest BCUT2D eigenvalue weighted by Gasteiger charge is 2.12. The van der Waals surface area contributed by atoms with Gasteiger partial charge in [-0.15, -0.1) is 0 Å². The molecule has 2 rings (SSSR count). The first kappa shape index (κ1) is 11.0. The SMILES string of the molecule is COc1cc(C)c(Br)c(-c2cn[nH]c2N)c1. The number of nitrogens with zero attached hydrogens (tertiary/aromatic N) is 1. The number of benzene rings is 1. The molecular weight excluding hydrogens is 270 g/mol. The van der Waals surface area contributed by atoms with Gasteiger partial charge < -0.3 is 10.5 Å². The molecule has 16 heavy (non-hydrogen) atoms. The zero-order valence-electron chi connectivity index (χ0n) is 9.04. The second-order valence-electron chi connectivity index (χ2n) is 3.50. The normalized spacial score (nSPS) is 10.4. The fourth-order valence-corrected chi connectivity index (χ4v) is 2.00. The number of halogens is 1. The average molecular weight is 282 g/mol. The molecule has 4 nitrogen and oxygen atoms in total. The molecule has 0 amide bonds. The van der Waals surface area contributed by atoms with Crippen molar-refractivity contribution >= 4 is 21.7 Å². The summed E-state index contributed by atoms with van der Waals surface area (Å²) < 4.78 is 6.24. The highest BCUT2D eigenvalue weighted by molar-refractivity contribution is 9.10. The molecule has 0 bridgehead atoms. The summed E-state index contributed by atoms with van der Waals surface area (Å²) in [5, 5.41) is 6.63. The van der Waals surface area contributed by atoms with E-state index in [9.17, 15) is 0 Å². The third-order valence-corrected chi connectivity index (χ3v) is 3.48. The summed E-state index contributed by atoms with van der Waals surface area (Å²) >= 11 is 3.55. The Kier molecular flexibility index (Phi) is 2.87. The molecule has 84 valence electrons. The van der Waals surface area contributed by atoms with Crippen LogP contribution < -0.4 is 10.5 Å². The number of anilines is 1. The maximum absolute atomic E-state index is 5.80. The lowest BCUT2D eigenvalue weighted by atomic mass is 10.1. The summed E-state index contributed by atoms with van der Waals surface area (Å²) in [6.45, 7) is 2.01. The van der Waals surface area contributed by atoms with E-state index < -0.39 is 0 Å². The van der Waals surface area contributed by atoms with Crippen LogP contribution in [0.2, 0.25) is 0 Å². The summed E-state index contributed by atoms with van der Waals surface area (Å²) in [4.78, 5) is 0. The van der Waals surface area contributed by atoms with E-state index in [1.54, 1.807) is 13.3 Å². The highest BCUT2D eigenvalue weighted by atomic mass is 79.9. The summed E-state index contributed by atoms with van der Waals surface area (Å²) in [6, 6.07) is 3.89. The molecule has 1 heterocycles. The van der Waals surface area contributed by atoms with Gasteiger partial charge in [-0.2, -0.15) is 5.10 Å². The summed E-state index contributed by atoms with van der Waals surface area (Å²) in [5.41, 5.74) is 8.74. The van der Waals surface area contributed by atoms with Crippen molar-refractivity contribution in [1.29, 1.82) is 0 Å². The highest BCUT2D eigenvalue weighted by Crippen LogP contribution is 2.36. The first-order valence-electron chi connectivity index (χ1n) is 4.77. The van der Waals surface area contributed by atoms with Crippen molar-refractivity contribution in [1.82, 2.24) is 10.2 Å². The van der Waals surface area contributed by atoms with Gasteiger partial charge in [0, 0.05) is 15.6 Å². The number of methoxy groups -OCH3 is 1. The van der Waals surface area contributed by atoms with Crippen LogP contribution in [0.15, 0.2) is 22.8 Å². The van der Waals surface area contributed by atoms with Crippen LogP contribution in [0.1, 0.15) is 5.56 Å². The van der Waals surface area contributed by atoms with Crippen LogP contribution in [-0.2, 0) is 0 Å². The number of rotatable bonds is 2. The topological polar surface area (TPSA) is 63.9 Å². The lowest BCUT2D eigenvalue weighted by molar-refractivity contribution is 0.414. The maximum atomic E-state index is 5.80. The first-order valence-corrected chi connectivity index (χ1v) is 5.56. The van der Waals surface area contributed by atoms with Crippen LogP contribution in [0.4, 0.5) is 5.82 Å². The van der Waals surface area contributed by atoms with Crippen LogP contribution in [0.5, 0.6) is 5.75 Å². The van der Waals surface area contributed by atoms with E-state index in [2.05, 4.69) is 26.1 Å². The molecular formula is C11H12BrN3O. The van der Waals surface area contributed by atoms with E-state index in [1.165, 1.54) is 0 Å². The number of aryl methyl sites for hydroxylation is 1. The molecule has 2 aromatic rings. The number of nitrogens with one attached hydrogen (secondary N) is 1. The minimum atomic E-state index is 0.549. The number of nitrogen functional groups attached to an aromatic ring is 1. The first-order chi connectivity index (χ1) is 7.63. The van der Waals surface area contributed by atoms with Gasteiger partial charge in [-0.3, -0.25) is 5.10 Å². The van der Waals surface area contributed by atoms with E-state index in [0.29, 0.717) is 5.82 Å². The third-order valence-electron chi connectivity index (χ3n) is 2.42. The molecule has 0 aliphatic rings. The number of ether oxygens (including phenoxy) is 1. The molecule has 0 aliphatic carbocycles. The van der Waals surface area contributed by atoms with E-state index in [-0.39, 0.29) is 0 Å². The molecule has 0 aliphatic heterocycles. The van der Waals surface area contributed by atoms with Gasteiger partial charge in [0.15, 0.2) is 0 Å². The number of H-pyrrole nitrogens is 1. The molecule has 1 aromatic heterocycles. The largest absolute Gasteiger partial charge is 0.497 e. The Morgan fingerprint density at radius 2 is 2.12 bits per heavy atom. The van der Waals surface area contributed by atoms with Gasteiger partial charge in [0.1, 0.15) is 11.6 Å². The van der Waals surface area contributed by atoms with Crippen LogP contribution in [0.25, 0.3) is 11.1 Å². The molecule has 0 saturated heterocycles. The number of nitrogens with two attached hydrogens (primary N) is 1. The average Bonchev–Trinajstić information content (AvgIpc) is 2.68. The Morgan fingerprint density at radius 3 is 2.69 bits per heavy atom. The van der Waals surface area contributed by atoms with Crippen LogP contribution >= 0.6 is 15.9 Å². The Hall–Kier alpha value is -1.49. The van der Waals surface area contributed by atoms with Gasteiger partial charge >= 0.3 is 0 Å². The van der Waals surface area contributed by atoms with E-state index in [0.717, 1.165) is 26.9 Å². The van der Waals surface area contributed by atoms with Crippen molar-refractivity contribution in [2.75, 3.05) is 12.8 Å². The molecule has 0 unspecified atom stereocenters. The fourth-order valence-electron chi connectivity index (χ4n) is 1.56. The Morgan fingerprint density at radius 1 is 1.38 bits per heavy atom. The number of hydrogen-bond acceptors (Lipinski definition) is 3. The molecule has 0 atom stereocenters. The lowest BCUT2D eigenvalue weighted by Gasteiger charge is -2.09. The Labute approximate surface area is 102 Å². The zero-order valence-corrected chi connectivity index (χ0v) is 10.6. The standard InChI is InChI=1S/C11H12BrN3O/c1-6-3-7(16-2)4-8(10(6)12)9-5-14-15-11(9)13/h3-5H,1-2H3,(H3,13,14,15). The van der Waals surface area contributed by atoms with Gasteiger partial charge in [-0.05, 0) is 40.5 Å². The van der Waals surface area contributed by atoms with Gasteiger partial charge in [0.2, 0.25) is 0 Å². The van der Waals surface area contributed by atoms with Crippen molar-refractivity contribution in [2.24, 2.45) is 0 Å². The van der Waals surface area contributed by atoms with Gasteiger partial charge in [-0.1, -0.05) is 0 Å². The van der Waals surface area contributed by atoms with Crippen LogP contribution in [-0.4, -0.2) is 17.3 Å². The van der Waals surface area contributed by atoms with E-state index >= 15 is 0 Å². The molecule has 0 fully saturated rings. The maximum Gasteiger partial charge on any atom is 0.126 e. The zero-order chi connectivity index (χ0) is 11.7. The fraction of sp³-hybridized carbons (Fsp3) is 0.182. The van der Waals surface area contributed by atoms with E-state index in [4.69, 9.17) is 10.5 Å². The summed E-state index contributed by atoms with van der Waals surface area (Å²) in [5.74, 6) is 1.35. The second kappa shape index (κ2) is 4.17. The minimum absolute atomic E-state index is 0.549. The minimum Gasteiger partial charge on any atom is -0.497 e. The number of hydrogen-bond donors (Lipinski definition) is 2. The monoisotopic (exact) mass is 281 g/mol. The third kappa shape index (κ3) is 1.78. The molecule has 5 heteroatoms.